The molecule has 1 aliphatic rings. The van der Waals surface area contributed by atoms with E-state index in [1.807, 2.05) is 24.4 Å². The molecule has 1 saturated carbocycles. The van der Waals surface area contributed by atoms with Gasteiger partial charge in [0.2, 0.25) is 0 Å². The van der Waals surface area contributed by atoms with Crippen LogP contribution >= 0.6 is 11.6 Å². The fourth-order valence-electron chi connectivity index (χ4n) is 3.71. The van der Waals surface area contributed by atoms with Gasteiger partial charge in [0.25, 0.3) is 0 Å². The molecular formula is C23H25ClN2O. The van der Waals surface area contributed by atoms with Gasteiger partial charge < -0.3 is 10.1 Å². The average Bonchev–Trinajstić information content (AvgIpc) is 2.69. The van der Waals surface area contributed by atoms with Crippen molar-refractivity contribution in [3.63, 3.8) is 0 Å². The maximum atomic E-state index is 6.41. The summed E-state index contributed by atoms with van der Waals surface area (Å²) >= 11 is 6.41. The highest BCUT2D eigenvalue weighted by Crippen LogP contribution is 2.32. The maximum Gasteiger partial charge on any atom is 0.138 e. The molecule has 0 aliphatic heterocycles. The first-order valence-corrected chi connectivity index (χ1v) is 10.0. The number of aromatic nitrogens is 1. The van der Waals surface area contributed by atoms with E-state index in [1.165, 1.54) is 11.1 Å². The Labute approximate surface area is 165 Å². The zero-order valence-corrected chi connectivity index (χ0v) is 16.4. The molecule has 3 aromatic rings. The molecule has 4 heteroatoms. The highest BCUT2D eigenvalue weighted by Gasteiger charge is 2.23. The van der Waals surface area contributed by atoms with E-state index in [2.05, 4.69) is 41.5 Å². The molecule has 1 heterocycles. The Balaban J connectivity index is 1.30. The third-order valence-electron chi connectivity index (χ3n) is 5.37. The molecule has 140 valence electrons. The second-order valence-electron chi connectivity index (χ2n) is 7.46. The third-order valence-corrected chi connectivity index (χ3v) is 5.67. The lowest BCUT2D eigenvalue weighted by Crippen LogP contribution is -2.36. The van der Waals surface area contributed by atoms with Crippen molar-refractivity contribution in [1.29, 1.82) is 0 Å². The molecule has 1 fully saturated rings. The molecule has 0 bridgehead atoms. The van der Waals surface area contributed by atoms with E-state index >= 15 is 0 Å². The molecule has 4 rings (SSSR count). The Morgan fingerprint density at radius 1 is 1.04 bits per heavy atom. The summed E-state index contributed by atoms with van der Waals surface area (Å²) in [6, 6.07) is 15.3. The van der Waals surface area contributed by atoms with Crippen LogP contribution in [-0.4, -0.2) is 17.1 Å². The molecule has 1 aliphatic carbocycles. The number of benzene rings is 2. The van der Waals surface area contributed by atoms with Crippen LogP contribution in [0.3, 0.4) is 0 Å². The molecule has 1 N–H and O–H groups in total. The highest BCUT2D eigenvalue weighted by molar-refractivity contribution is 6.32. The zero-order valence-electron chi connectivity index (χ0n) is 15.6. The summed E-state index contributed by atoms with van der Waals surface area (Å²) in [5, 5.41) is 6.50. The molecule has 27 heavy (non-hydrogen) atoms. The van der Waals surface area contributed by atoms with Crippen LogP contribution in [-0.2, 0) is 6.54 Å². The van der Waals surface area contributed by atoms with Crippen molar-refractivity contribution in [2.45, 2.75) is 51.3 Å². The third kappa shape index (κ3) is 4.60. The van der Waals surface area contributed by atoms with Crippen LogP contribution in [0.25, 0.3) is 10.8 Å². The summed E-state index contributed by atoms with van der Waals surface area (Å²) in [7, 11) is 0. The largest absolute Gasteiger partial charge is 0.489 e. The van der Waals surface area contributed by atoms with E-state index in [0.717, 1.165) is 48.8 Å². The molecule has 0 radical (unpaired) electrons. The van der Waals surface area contributed by atoms with E-state index in [0.29, 0.717) is 11.1 Å². The van der Waals surface area contributed by atoms with Gasteiger partial charge in [-0.3, -0.25) is 4.98 Å². The molecule has 0 amide bonds. The molecule has 0 atom stereocenters. The molecule has 3 nitrogen and oxygen atoms in total. The minimum absolute atomic E-state index is 0.235. The van der Waals surface area contributed by atoms with E-state index in [9.17, 15) is 0 Å². The van der Waals surface area contributed by atoms with Crippen LogP contribution in [0.5, 0.6) is 5.75 Å². The Kier molecular flexibility index (Phi) is 5.61. The second kappa shape index (κ2) is 8.28. The maximum absolute atomic E-state index is 6.41. The fraction of sp³-hybridized carbons (Fsp3) is 0.348. The van der Waals surface area contributed by atoms with Crippen LogP contribution < -0.4 is 10.1 Å². The predicted octanol–water partition coefficient (Wildman–Crippen LogP) is 5.68. The van der Waals surface area contributed by atoms with Gasteiger partial charge in [-0.2, -0.15) is 0 Å². The van der Waals surface area contributed by atoms with E-state index < -0.39 is 0 Å². The van der Waals surface area contributed by atoms with Crippen molar-refractivity contribution >= 4 is 22.4 Å². The smallest absolute Gasteiger partial charge is 0.138 e. The van der Waals surface area contributed by atoms with Gasteiger partial charge in [-0.05, 0) is 61.8 Å². The van der Waals surface area contributed by atoms with Crippen molar-refractivity contribution in [2.24, 2.45) is 0 Å². The number of fused-ring (bicyclic) bond motifs is 1. The number of pyridine rings is 1. The molecule has 1 aromatic heterocycles. The van der Waals surface area contributed by atoms with Gasteiger partial charge in [0.15, 0.2) is 0 Å². The fourth-order valence-corrected chi connectivity index (χ4v) is 3.93. The van der Waals surface area contributed by atoms with Crippen molar-refractivity contribution in [3.8, 4) is 5.75 Å². The summed E-state index contributed by atoms with van der Waals surface area (Å²) in [5.41, 5.74) is 2.65. The molecule has 0 spiro atoms. The van der Waals surface area contributed by atoms with Gasteiger partial charge >= 0.3 is 0 Å². The van der Waals surface area contributed by atoms with Crippen molar-refractivity contribution in [3.05, 3.63) is 71.0 Å². The minimum Gasteiger partial charge on any atom is -0.489 e. The van der Waals surface area contributed by atoms with Crippen molar-refractivity contribution in [1.82, 2.24) is 10.3 Å². The first kappa shape index (κ1) is 18.3. The minimum atomic E-state index is 0.235. The quantitative estimate of drug-likeness (QED) is 0.618. The van der Waals surface area contributed by atoms with Gasteiger partial charge in [-0.15, -0.1) is 0 Å². The van der Waals surface area contributed by atoms with Gasteiger partial charge in [0.1, 0.15) is 5.75 Å². The number of nitrogens with zero attached hydrogens (tertiary/aromatic N) is 1. The normalized spacial score (nSPS) is 19.9. The number of hydrogen-bond acceptors (Lipinski definition) is 3. The molecule has 0 unspecified atom stereocenters. The van der Waals surface area contributed by atoms with Gasteiger partial charge in [0.05, 0.1) is 11.1 Å². The Bertz CT molecular complexity index is 902. The molecular weight excluding hydrogens is 356 g/mol. The van der Waals surface area contributed by atoms with Crippen LogP contribution in [0.1, 0.15) is 36.8 Å². The average molecular weight is 381 g/mol. The number of rotatable bonds is 5. The van der Waals surface area contributed by atoms with Crippen LogP contribution in [0, 0.1) is 6.92 Å². The number of hydrogen-bond donors (Lipinski definition) is 1. The molecule has 0 saturated heterocycles. The highest BCUT2D eigenvalue weighted by atomic mass is 35.5. The Hall–Kier alpha value is -2.10. The lowest BCUT2D eigenvalue weighted by atomic mass is 9.92. The summed E-state index contributed by atoms with van der Waals surface area (Å²) < 4.78 is 6.24. The number of ether oxygens (including phenoxy) is 1. The number of halogens is 1. The van der Waals surface area contributed by atoms with Crippen molar-refractivity contribution < 1.29 is 4.74 Å². The topological polar surface area (TPSA) is 34.1 Å². The van der Waals surface area contributed by atoms with Gasteiger partial charge in [-0.25, -0.2) is 0 Å². The zero-order chi connectivity index (χ0) is 18.6. The summed E-state index contributed by atoms with van der Waals surface area (Å²) in [5.74, 6) is 0.784. The van der Waals surface area contributed by atoms with Crippen LogP contribution in [0.15, 0.2) is 54.9 Å². The van der Waals surface area contributed by atoms with E-state index in [1.54, 1.807) is 6.20 Å². The number of aryl methyl sites for hydroxylation is 1. The van der Waals surface area contributed by atoms with Gasteiger partial charge in [-0.1, -0.05) is 41.4 Å². The lowest BCUT2D eigenvalue weighted by molar-refractivity contribution is 0.139. The Morgan fingerprint density at radius 2 is 1.81 bits per heavy atom. The van der Waals surface area contributed by atoms with E-state index in [4.69, 9.17) is 16.3 Å². The monoisotopic (exact) mass is 380 g/mol. The first-order valence-electron chi connectivity index (χ1n) is 9.66. The summed E-state index contributed by atoms with van der Waals surface area (Å²) in [6.07, 6.45) is 8.23. The summed E-state index contributed by atoms with van der Waals surface area (Å²) in [6.45, 7) is 3.05. The second-order valence-corrected chi connectivity index (χ2v) is 7.87. The van der Waals surface area contributed by atoms with Gasteiger partial charge in [0, 0.05) is 30.4 Å². The summed E-state index contributed by atoms with van der Waals surface area (Å²) in [4.78, 5) is 4.14. The standard InChI is InChI=1S/C23H25ClN2O/c1-16-2-4-17(5-3-16)14-26-20-6-8-21(9-7-20)27-23-13-18-10-11-25-15-19(18)12-22(23)24/h2-5,10-13,15,20-21,26H,6-9,14H2,1H3/t20-,21-. The number of nitrogens with one attached hydrogen (secondary N) is 1. The van der Waals surface area contributed by atoms with E-state index in [-0.39, 0.29) is 6.10 Å². The van der Waals surface area contributed by atoms with Crippen LogP contribution in [0.2, 0.25) is 5.02 Å². The SMILES string of the molecule is Cc1ccc(CN[C@H]2CC[C@H](Oc3cc4ccncc4cc3Cl)CC2)cc1. The van der Waals surface area contributed by atoms with Crippen molar-refractivity contribution in [2.75, 3.05) is 0 Å². The Morgan fingerprint density at radius 3 is 2.59 bits per heavy atom. The molecule has 2 aromatic carbocycles. The predicted molar refractivity (Wildman–Crippen MR) is 111 cm³/mol. The lowest BCUT2D eigenvalue weighted by Gasteiger charge is -2.30. The van der Waals surface area contributed by atoms with Crippen LogP contribution in [0.4, 0.5) is 0 Å². The first-order chi connectivity index (χ1) is 13.2.